The second kappa shape index (κ2) is 5.91. The molecule has 116 valence electrons. The van der Waals surface area contributed by atoms with Crippen molar-refractivity contribution in [3.63, 3.8) is 0 Å². The quantitative estimate of drug-likeness (QED) is 0.787. The third kappa shape index (κ3) is 2.75. The molecule has 2 saturated heterocycles. The van der Waals surface area contributed by atoms with Gasteiger partial charge < -0.3 is 4.90 Å². The second-order valence-electron chi connectivity index (χ2n) is 6.17. The summed E-state index contributed by atoms with van der Waals surface area (Å²) in [4.78, 5) is 39.0. The monoisotopic (exact) mass is 300 g/mol. The van der Waals surface area contributed by atoms with Crippen molar-refractivity contribution in [2.45, 2.75) is 32.6 Å². The molecule has 0 spiro atoms. The van der Waals surface area contributed by atoms with Crippen molar-refractivity contribution in [3.8, 4) is 0 Å². The van der Waals surface area contributed by atoms with E-state index in [0.29, 0.717) is 17.2 Å². The number of benzene rings is 1. The Kier molecular flexibility index (Phi) is 3.96. The molecule has 2 heterocycles. The van der Waals surface area contributed by atoms with E-state index in [4.69, 9.17) is 0 Å². The first kappa shape index (κ1) is 14.8. The van der Waals surface area contributed by atoms with E-state index in [1.165, 1.54) is 11.3 Å². The molecule has 0 N–H and O–H groups in total. The highest BCUT2D eigenvalue weighted by Crippen LogP contribution is 2.24. The molecule has 0 aliphatic carbocycles. The van der Waals surface area contributed by atoms with Gasteiger partial charge in [-0.3, -0.25) is 19.3 Å². The SMILES string of the molecule is CC1CCCN(C(=O)c2ccc(N3C(=O)CCC3=O)cc2)C1. The zero-order chi connectivity index (χ0) is 15.7. The second-order valence-corrected chi connectivity index (χ2v) is 6.17. The van der Waals surface area contributed by atoms with Crippen molar-refractivity contribution in [1.82, 2.24) is 4.90 Å². The van der Waals surface area contributed by atoms with E-state index in [9.17, 15) is 14.4 Å². The standard InChI is InChI=1S/C17H20N2O3/c1-12-3-2-10-18(11-12)17(22)13-4-6-14(7-5-13)19-15(20)8-9-16(19)21/h4-7,12H,2-3,8-11H2,1H3. The first-order chi connectivity index (χ1) is 10.6. The normalized spacial score (nSPS) is 22.3. The maximum absolute atomic E-state index is 12.5. The summed E-state index contributed by atoms with van der Waals surface area (Å²) in [5, 5.41) is 0. The van der Waals surface area contributed by atoms with Gasteiger partial charge in [-0.05, 0) is 43.0 Å². The van der Waals surface area contributed by atoms with Crippen LogP contribution in [0.4, 0.5) is 5.69 Å². The Hall–Kier alpha value is -2.17. The maximum Gasteiger partial charge on any atom is 0.253 e. The van der Waals surface area contributed by atoms with Gasteiger partial charge in [0.1, 0.15) is 0 Å². The lowest BCUT2D eigenvalue weighted by Gasteiger charge is -2.31. The highest BCUT2D eigenvalue weighted by atomic mass is 16.2. The molecular weight excluding hydrogens is 280 g/mol. The van der Waals surface area contributed by atoms with Gasteiger partial charge in [0.2, 0.25) is 11.8 Å². The number of hydrogen-bond donors (Lipinski definition) is 0. The lowest BCUT2D eigenvalue weighted by atomic mass is 9.99. The van der Waals surface area contributed by atoms with E-state index in [0.717, 1.165) is 19.5 Å². The van der Waals surface area contributed by atoms with Gasteiger partial charge in [0.05, 0.1) is 5.69 Å². The van der Waals surface area contributed by atoms with Crippen LogP contribution >= 0.6 is 0 Å². The minimum Gasteiger partial charge on any atom is -0.338 e. The first-order valence-corrected chi connectivity index (χ1v) is 7.81. The van der Waals surface area contributed by atoms with Crippen molar-refractivity contribution in [2.24, 2.45) is 5.92 Å². The van der Waals surface area contributed by atoms with E-state index in [1.54, 1.807) is 24.3 Å². The molecule has 2 aliphatic heterocycles. The molecule has 1 aromatic rings. The molecule has 22 heavy (non-hydrogen) atoms. The largest absolute Gasteiger partial charge is 0.338 e. The Morgan fingerprint density at radius 2 is 1.73 bits per heavy atom. The van der Waals surface area contributed by atoms with Crippen LogP contribution in [0, 0.1) is 5.92 Å². The van der Waals surface area contributed by atoms with Gasteiger partial charge >= 0.3 is 0 Å². The molecule has 0 saturated carbocycles. The van der Waals surface area contributed by atoms with Crippen LogP contribution in [0.3, 0.4) is 0 Å². The van der Waals surface area contributed by atoms with E-state index in [1.807, 2.05) is 4.90 Å². The van der Waals surface area contributed by atoms with Crippen LogP contribution in [-0.2, 0) is 9.59 Å². The molecule has 0 aromatic heterocycles. The van der Waals surface area contributed by atoms with Gasteiger partial charge in [0.25, 0.3) is 5.91 Å². The van der Waals surface area contributed by atoms with E-state index >= 15 is 0 Å². The van der Waals surface area contributed by atoms with E-state index in [-0.39, 0.29) is 30.6 Å². The predicted molar refractivity (Wildman–Crippen MR) is 82.5 cm³/mol. The zero-order valence-electron chi connectivity index (χ0n) is 12.7. The minimum absolute atomic E-state index is 0.0252. The molecule has 3 rings (SSSR count). The average Bonchev–Trinajstić information content (AvgIpc) is 2.86. The van der Waals surface area contributed by atoms with Crippen LogP contribution in [0.15, 0.2) is 24.3 Å². The molecule has 5 nitrogen and oxygen atoms in total. The van der Waals surface area contributed by atoms with Crippen LogP contribution in [0.1, 0.15) is 43.0 Å². The lowest BCUT2D eigenvalue weighted by molar-refractivity contribution is -0.121. The number of likely N-dealkylation sites (tertiary alicyclic amines) is 1. The average molecular weight is 300 g/mol. The van der Waals surface area contributed by atoms with Crippen LogP contribution in [0.2, 0.25) is 0 Å². The fourth-order valence-corrected chi connectivity index (χ4v) is 3.17. The highest BCUT2D eigenvalue weighted by molar-refractivity contribution is 6.19. The lowest BCUT2D eigenvalue weighted by Crippen LogP contribution is -2.39. The van der Waals surface area contributed by atoms with Gasteiger partial charge in [-0.1, -0.05) is 6.92 Å². The Balaban J connectivity index is 1.75. The number of anilines is 1. The maximum atomic E-state index is 12.5. The summed E-state index contributed by atoms with van der Waals surface area (Å²) >= 11 is 0. The number of hydrogen-bond acceptors (Lipinski definition) is 3. The van der Waals surface area contributed by atoms with Gasteiger partial charge in [-0.2, -0.15) is 0 Å². The molecule has 5 heteroatoms. The summed E-state index contributed by atoms with van der Waals surface area (Å²) in [5.74, 6) is 0.219. The smallest absolute Gasteiger partial charge is 0.253 e. The molecule has 2 fully saturated rings. The summed E-state index contributed by atoms with van der Waals surface area (Å²) in [5.41, 5.74) is 1.16. The van der Waals surface area contributed by atoms with Crippen LogP contribution in [0.25, 0.3) is 0 Å². The minimum atomic E-state index is -0.172. The summed E-state index contributed by atoms with van der Waals surface area (Å²) < 4.78 is 0. The van der Waals surface area contributed by atoms with Gasteiger partial charge in [0, 0.05) is 31.5 Å². The van der Waals surface area contributed by atoms with Gasteiger partial charge in [0.15, 0.2) is 0 Å². The van der Waals surface area contributed by atoms with Crippen molar-refractivity contribution in [2.75, 3.05) is 18.0 Å². The van der Waals surface area contributed by atoms with Crippen molar-refractivity contribution in [3.05, 3.63) is 29.8 Å². The molecule has 1 aromatic carbocycles. The van der Waals surface area contributed by atoms with Gasteiger partial charge in [-0.15, -0.1) is 0 Å². The Morgan fingerprint density at radius 3 is 2.32 bits per heavy atom. The van der Waals surface area contributed by atoms with Crippen LogP contribution in [-0.4, -0.2) is 35.7 Å². The summed E-state index contributed by atoms with van der Waals surface area (Å²) in [6, 6.07) is 6.77. The summed E-state index contributed by atoms with van der Waals surface area (Å²) in [6.07, 6.45) is 2.75. The molecular formula is C17H20N2O3. The Morgan fingerprint density at radius 1 is 1.09 bits per heavy atom. The highest BCUT2D eigenvalue weighted by Gasteiger charge is 2.30. The molecule has 3 amide bonds. The Bertz CT molecular complexity index is 593. The molecule has 2 aliphatic rings. The number of rotatable bonds is 2. The van der Waals surface area contributed by atoms with Gasteiger partial charge in [-0.25, -0.2) is 0 Å². The molecule has 0 bridgehead atoms. The molecule has 1 atom stereocenters. The van der Waals surface area contributed by atoms with E-state index in [2.05, 4.69) is 6.92 Å². The fraction of sp³-hybridized carbons (Fsp3) is 0.471. The third-order valence-corrected chi connectivity index (χ3v) is 4.37. The third-order valence-electron chi connectivity index (χ3n) is 4.37. The number of carbonyl (C=O) groups is 3. The fourth-order valence-electron chi connectivity index (χ4n) is 3.17. The predicted octanol–water partition coefficient (Wildman–Crippen LogP) is 2.21. The summed E-state index contributed by atoms with van der Waals surface area (Å²) in [6.45, 7) is 3.75. The van der Waals surface area contributed by atoms with Crippen molar-refractivity contribution < 1.29 is 14.4 Å². The van der Waals surface area contributed by atoms with Crippen molar-refractivity contribution in [1.29, 1.82) is 0 Å². The van der Waals surface area contributed by atoms with E-state index < -0.39 is 0 Å². The number of nitrogens with zero attached hydrogens (tertiary/aromatic N) is 2. The molecule has 0 radical (unpaired) electrons. The number of amides is 3. The van der Waals surface area contributed by atoms with Crippen LogP contribution in [0.5, 0.6) is 0 Å². The number of imide groups is 1. The topological polar surface area (TPSA) is 57.7 Å². The molecule has 1 unspecified atom stereocenters. The van der Waals surface area contributed by atoms with Crippen LogP contribution < -0.4 is 4.90 Å². The zero-order valence-corrected chi connectivity index (χ0v) is 12.7. The summed E-state index contributed by atoms with van der Waals surface area (Å²) in [7, 11) is 0. The Labute approximate surface area is 129 Å². The van der Waals surface area contributed by atoms with Crippen molar-refractivity contribution >= 4 is 23.4 Å². The number of piperidine rings is 1. The number of carbonyl (C=O) groups excluding carboxylic acids is 3. The first-order valence-electron chi connectivity index (χ1n) is 7.81.